The molecule has 2 heteroatoms. The lowest BCUT2D eigenvalue weighted by atomic mass is 10.0. The Morgan fingerprint density at radius 3 is 1.74 bits per heavy atom. The lowest BCUT2D eigenvalue weighted by Gasteiger charge is -2.11. The first-order valence-corrected chi connectivity index (χ1v) is 8.31. The quantitative estimate of drug-likeness (QED) is 0.298. The van der Waals surface area contributed by atoms with Gasteiger partial charge in [0.05, 0.1) is 6.10 Å². The fourth-order valence-corrected chi connectivity index (χ4v) is 2.48. The standard InChI is InChI=1S/C17H34O2/c1-3-4-5-6-7-8-9-10-11-12-13-14-17(19-2)15-16-18/h16-17H,3-15H2,1-2H3. The molecule has 0 aliphatic rings. The van der Waals surface area contributed by atoms with E-state index < -0.39 is 0 Å². The van der Waals surface area contributed by atoms with Gasteiger partial charge >= 0.3 is 0 Å². The molecule has 1 atom stereocenters. The van der Waals surface area contributed by atoms with Gasteiger partial charge in [-0.25, -0.2) is 0 Å². The Kier molecular flexibility index (Phi) is 15.4. The van der Waals surface area contributed by atoms with E-state index in [2.05, 4.69) is 6.92 Å². The summed E-state index contributed by atoms with van der Waals surface area (Å²) in [5, 5.41) is 0. The molecule has 114 valence electrons. The summed E-state index contributed by atoms with van der Waals surface area (Å²) in [6, 6.07) is 0. The van der Waals surface area contributed by atoms with E-state index >= 15 is 0 Å². The van der Waals surface area contributed by atoms with E-state index in [-0.39, 0.29) is 6.10 Å². The van der Waals surface area contributed by atoms with Gasteiger partial charge in [0, 0.05) is 13.5 Å². The van der Waals surface area contributed by atoms with Crippen LogP contribution in [0.25, 0.3) is 0 Å². The van der Waals surface area contributed by atoms with E-state index in [9.17, 15) is 4.79 Å². The van der Waals surface area contributed by atoms with E-state index in [1.165, 1.54) is 70.6 Å². The van der Waals surface area contributed by atoms with Gasteiger partial charge in [-0.3, -0.25) is 0 Å². The van der Waals surface area contributed by atoms with E-state index in [1.54, 1.807) is 7.11 Å². The third kappa shape index (κ3) is 13.9. The molecule has 1 unspecified atom stereocenters. The number of carbonyl (C=O) groups excluding carboxylic acids is 1. The van der Waals surface area contributed by atoms with Crippen molar-refractivity contribution in [3.05, 3.63) is 0 Å². The van der Waals surface area contributed by atoms with Gasteiger partial charge in [-0.1, -0.05) is 77.6 Å². The van der Waals surface area contributed by atoms with Gasteiger partial charge < -0.3 is 9.53 Å². The lowest BCUT2D eigenvalue weighted by molar-refractivity contribution is -0.110. The van der Waals surface area contributed by atoms with Crippen LogP contribution in [0, 0.1) is 0 Å². The number of hydrogen-bond acceptors (Lipinski definition) is 2. The van der Waals surface area contributed by atoms with Crippen molar-refractivity contribution in [2.45, 2.75) is 96.5 Å². The summed E-state index contributed by atoms with van der Waals surface area (Å²) in [7, 11) is 1.70. The normalized spacial score (nSPS) is 12.5. The predicted octanol–water partition coefficient (Wildman–Crippen LogP) is 5.29. The highest BCUT2D eigenvalue weighted by Crippen LogP contribution is 2.13. The fraction of sp³-hybridized carbons (Fsp3) is 0.941. The molecule has 2 nitrogen and oxygen atoms in total. The van der Waals surface area contributed by atoms with Crippen LogP contribution in [0.15, 0.2) is 0 Å². The summed E-state index contributed by atoms with van der Waals surface area (Å²) in [6.07, 6.45) is 17.7. The number of ether oxygens (including phenoxy) is 1. The average molecular weight is 270 g/mol. The van der Waals surface area contributed by atoms with Gasteiger partial charge in [0.15, 0.2) is 0 Å². The van der Waals surface area contributed by atoms with Crippen LogP contribution >= 0.6 is 0 Å². The Morgan fingerprint density at radius 1 is 0.842 bits per heavy atom. The molecule has 0 aliphatic carbocycles. The minimum atomic E-state index is 0.149. The zero-order valence-corrected chi connectivity index (χ0v) is 13.2. The number of unbranched alkanes of at least 4 members (excludes halogenated alkanes) is 10. The minimum Gasteiger partial charge on any atom is -0.381 e. The van der Waals surface area contributed by atoms with Crippen LogP contribution in [0.2, 0.25) is 0 Å². The number of aldehydes is 1. The highest BCUT2D eigenvalue weighted by Gasteiger charge is 2.05. The summed E-state index contributed by atoms with van der Waals surface area (Å²) in [6.45, 7) is 2.27. The third-order valence-electron chi connectivity index (χ3n) is 3.82. The molecule has 0 saturated carbocycles. The molecule has 0 aromatic heterocycles. The molecule has 0 aromatic carbocycles. The minimum absolute atomic E-state index is 0.149. The van der Waals surface area contributed by atoms with Crippen molar-refractivity contribution in [1.29, 1.82) is 0 Å². The van der Waals surface area contributed by atoms with Crippen LogP contribution < -0.4 is 0 Å². The van der Waals surface area contributed by atoms with Crippen LogP contribution in [0.1, 0.15) is 90.4 Å². The number of hydrogen-bond donors (Lipinski definition) is 0. The van der Waals surface area contributed by atoms with Crippen molar-refractivity contribution >= 4 is 6.29 Å². The van der Waals surface area contributed by atoms with Crippen molar-refractivity contribution < 1.29 is 9.53 Å². The second-order valence-electron chi connectivity index (χ2n) is 5.58. The van der Waals surface area contributed by atoms with E-state index in [0.29, 0.717) is 6.42 Å². The maximum absolute atomic E-state index is 10.4. The van der Waals surface area contributed by atoms with Crippen LogP contribution in [-0.4, -0.2) is 19.5 Å². The predicted molar refractivity (Wildman–Crippen MR) is 82.6 cm³/mol. The highest BCUT2D eigenvalue weighted by molar-refractivity contribution is 5.50. The Balaban J connectivity index is 3.11. The molecule has 0 saturated heterocycles. The molecule has 0 aromatic rings. The second-order valence-corrected chi connectivity index (χ2v) is 5.58. The second kappa shape index (κ2) is 15.7. The molecule has 0 bridgehead atoms. The maximum Gasteiger partial charge on any atom is 0.122 e. The summed E-state index contributed by atoms with van der Waals surface area (Å²) in [5.41, 5.74) is 0. The van der Waals surface area contributed by atoms with Crippen molar-refractivity contribution in [3.63, 3.8) is 0 Å². The highest BCUT2D eigenvalue weighted by atomic mass is 16.5. The first kappa shape index (κ1) is 18.6. The van der Waals surface area contributed by atoms with Crippen LogP contribution in [-0.2, 0) is 9.53 Å². The molecular formula is C17H34O2. The molecule has 0 radical (unpaired) electrons. The van der Waals surface area contributed by atoms with E-state index in [4.69, 9.17) is 4.74 Å². The van der Waals surface area contributed by atoms with Crippen LogP contribution in [0.5, 0.6) is 0 Å². The molecule has 0 fully saturated rings. The molecule has 0 aliphatic heterocycles. The van der Waals surface area contributed by atoms with Crippen molar-refractivity contribution in [2.24, 2.45) is 0 Å². The van der Waals surface area contributed by atoms with Gasteiger partial charge in [-0.2, -0.15) is 0 Å². The van der Waals surface area contributed by atoms with Gasteiger partial charge in [0.2, 0.25) is 0 Å². The molecule has 0 heterocycles. The molecule has 0 rings (SSSR count). The van der Waals surface area contributed by atoms with Crippen molar-refractivity contribution in [3.8, 4) is 0 Å². The third-order valence-corrected chi connectivity index (χ3v) is 3.82. The maximum atomic E-state index is 10.4. The van der Waals surface area contributed by atoms with E-state index in [0.717, 1.165) is 12.7 Å². The Morgan fingerprint density at radius 2 is 1.32 bits per heavy atom. The molecular weight excluding hydrogens is 236 g/mol. The summed E-state index contributed by atoms with van der Waals surface area (Å²) in [5.74, 6) is 0. The monoisotopic (exact) mass is 270 g/mol. The number of rotatable bonds is 15. The van der Waals surface area contributed by atoms with Gasteiger partial charge in [0.25, 0.3) is 0 Å². The summed E-state index contributed by atoms with van der Waals surface area (Å²) in [4.78, 5) is 10.4. The SMILES string of the molecule is CCCCCCCCCCCCCC(CC=O)OC. The topological polar surface area (TPSA) is 26.3 Å². The molecule has 0 N–H and O–H groups in total. The first-order chi connectivity index (χ1) is 9.35. The zero-order chi connectivity index (χ0) is 14.2. The smallest absolute Gasteiger partial charge is 0.122 e. The molecule has 19 heavy (non-hydrogen) atoms. The summed E-state index contributed by atoms with van der Waals surface area (Å²) >= 11 is 0. The summed E-state index contributed by atoms with van der Waals surface area (Å²) < 4.78 is 5.25. The first-order valence-electron chi connectivity index (χ1n) is 8.31. The largest absolute Gasteiger partial charge is 0.381 e. The fourth-order valence-electron chi connectivity index (χ4n) is 2.48. The van der Waals surface area contributed by atoms with E-state index in [1.807, 2.05) is 0 Å². The lowest BCUT2D eigenvalue weighted by Crippen LogP contribution is -2.10. The average Bonchev–Trinajstić information content (AvgIpc) is 2.43. The Bertz CT molecular complexity index is 180. The van der Waals surface area contributed by atoms with Crippen molar-refractivity contribution in [1.82, 2.24) is 0 Å². The van der Waals surface area contributed by atoms with Crippen LogP contribution in [0.4, 0.5) is 0 Å². The van der Waals surface area contributed by atoms with Crippen molar-refractivity contribution in [2.75, 3.05) is 7.11 Å². The van der Waals surface area contributed by atoms with Gasteiger partial charge in [-0.05, 0) is 6.42 Å². The number of methoxy groups -OCH3 is 1. The Hall–Kier alpha value is -0.370. The Labute approximate surface area is 120 Å². The zero-order valence-electron chi connectivity index (χ0n) is 13.2. The van der Waals surface area contributed by atoms with Crippen LogP contribution in [0.3, 0.4) is 0 Å². The molecule has 0 spiro atoms. The van der Waals surface area contributed by atoms with Gasteiger partial charge in [0.1, 0.15) is 6.29 Å². The molecule has 0 amide bonds. The number of carbonyl (C=O) groups is 1. The van der Waals surface area contributed by atoms with Gasteiger partial charge in [-0.15, -0.1) is 0 Å².